The van der Waals surface area contributed by atoms with E-state index in [-0.39, 0.29) is 40.0 Å². The largest absolute Gasteiger partial charge is 2.00 e. The first kappa shape index (κ1) is 16.5. The molecule has 0 fully saturated rings. The summed E-state index contributed by atoms with van der Waals surface area (Å²) in [6, 6.07) is 12.5. The van der Waals surface area contributed by atoms with Gasteiger partial charge in [-0.3, -0.25) is 0 Å². The summed E-state index contributed by atoms with van der Waals surface area (Å²) in [7, 11) is 0. The van der Waals surface area contributed by atoms with Gasteiger partial charge in [-0.15, -0.1) is 17.0 Å². The SMILES string of the molecule is Br.[C-]#N.[Mg+2].[c-]1ccccc1. The molecule has 0 saturated carbocycles. The van der Waals surface area contributed by atoms with Gasteiger partial charge in [0.05, 0.1) is 0 Å². The summed E-state index contributed by atoms with van der Waals surface area (Å²) in [6.45, 7) is 4.75. The van der Waals surface area contributed by atoms with Crippen molar-refractivity contribution in [2.75, 3.05) is 0 Å². The minimum atomic E-state index is 0. The van der Waals surface area contributed by atoms with Crippen molar-refractivity contribution in [1.29, 1.82) is 5.26 Å². The van der Waals surface area contributed by atoms with Crippen LogP contribution in [0.4, 0.5) is 0 Å². The molecule has 0 saturated heterocycles. The first-order chi connectivity index (χ1) is 4.00. The number of nitrogens with zero attached hydrogens (tertiary/aromatic N) is 1. The third-order valence-corrected chi connectivity index (χ3v) is 0.607. The molecule has 10 heavy (non-hydrogen) atoms. The Labute approximate surface area is 88.0 Å². The van der Waals surface area contributed by atoms with Crippen molar-refractivity contribution >= 4 is 40.0 Å². The van der Waals surface area contributed by atoms with Crippen LogP contribution < -0.4 is 0 Å². The summed E-state index contributed by atoms with van der Waals surface area (Å²) >= 11 is 0. The number of halogens is 1. The molecular weight excluding hydrogens is 202 g/mol. The molecule has 0 unspecified atom stereocenters. The second kappa shape index (κ2) is 16.0. The molecule has 0 bridgehead atoms. The minimum absolute atomic E-state index is 0. The molecule has 1 nitrogen and oxygen atoms in total. The Kier molecular flexibility index (Phi) is 26.4. The molecule has 0 radical (unpaired) electrons. The summed E-state index contributed by atoms with van der Waals surface area (Å²) < 4.78 is 0. The molecule has 48 valence electrons. The van der Waals surface area contributed by atoms with Crippen molar-refractivity contribution in [3.63, 3.8) is 0 Å². The van der Waals surface area contributed by atoms with Gasteiger partial charge in [-0.2, -0.15) is 36.4 Å². The topological polar surface area (TPSA) is 23.8 Å². The fraction of sp³-hybridized carbons (Fsp3) is 0. The van der Waals surface area contributed by atoms with Gasteiger partial charge >= 0.3 is 23.1 Å². The number of benzene rings is 1. The molecule has 0 heterocycles. The summed E-state index contributed by atoms with van der Waals surface area (Å²) in [5.41, 5.74) is 0. The first-order valence-electron chi connectivity index (χ1n) is 2.13. The maximum Gasteiger partial charge on any atom is 2.00 e. The van der Waals surface area contributed by atoms with Crippen LogP contribution in [0.15, 0.2) is 30.3 Å². The van der Waals surface area contributed by atoms with Gasteiger partial charge in [-0.1, -0.05) is 0 Å². The van der Waals surface area contributed by atoms with Crippen LogP contribution in [-0.2, 0) is 0 Å². The zero-order valence-electron chi connectivity index (χ0n) is 5.45. The summed E-state index contributed by atoms with van der Waals surface area (Å²) in [5.74, 6) is 0. The molecule has 0 spiro atoms. The van der Waals surface area contributed by atoms with Gasteiger partial charge in [-0.05, 0) is 0 Å². The Balaban J connectivity index is -0.000000114. The normalized spacial score (nSPS) is 5.00. The van der Waals surface area contributed by atoms with E-state index in [0.29, 0.717) is 0 Å². The average molecular weight is 208 g/mol. The van der Waals surface area contributed by atoms with Crippen LogP contribution in [0.3, 0.4) is 0 Å². The van der Waals surface area contributed by atoms with E-state index in [2.05, 4.69) is 6.07 Å². The van der Waals surface area contributed by atoms with Gasteiger partial charge in [-0.25, -0.2) is 0 Å². The minimum Gasteiger partial charge on any atom is -0.512 e. The zero-order chi connectivity index (χ0) is 6.24. The molecule has 1 rings (SSSR count). The van der Waals surface area contributed by atoms with Gasteiger partial charge in [0.25, 0.3) is 0 Å². The predicted octanol–water partition coefficient (Wildman–Crippen LogP) is 1.78. The van der Waals surface area contributed by atoms with Gasteiger partial charge in [0, 0.05) is 0 Å². The Morgan fingerprint density at radius 1 is 1.00 bits per heavy atom. The van der Waals surface area contributed by atoms with Crippen LogP contribution >= 0.6 is 17.0 Å². The van der Waals surface area contributed by atoms with Crippen LogP contribution in [0.5, 0.6) is 0 Å². The van der Waals surface area contributed by atoms with Gasteiger partial charge in [0.1, 0.15) is 0 Å². The van der Waals surface area contributed by atoms with Crippen molar-refractivity contribution in [3.05, 3.63) is 43.0 Å². The Morgan fingerprint density at radius 2 is 1.40 bits per heavy atom. The van der Waals surface area contributed by atoms with Gasteiger partial charge in [0.2, 0.25) is 0 Å². The van der Waals surface area contributed by atoms with E-state index in [1.165, 1.54) is 0 Å². The van der Waals surface area contributed by atoms with Crippen LogP contribution in [0, 0.1) is 17.9 Å². The predicted molar refractivity (Wildman–Crippen MR) is 46.3 cm³/mol. The molecule has 0 aliphatic rings. The molecule has 0 atom stereocenters. The van der Waals surface area contributed by atoms with Gasteiger partial charge in [0.15, 0.2) is 0 Å². The Morgan fingerprint density at radius 3 is 1.50 bits per heavy atom. The second-order valence-corrected chi connectivity index (χ2v) is 1.08. The molecule has 1 aromatic carbocycles. The van der Waals surface area contributed by atoms with Crippen molar-refractivity contribution < 1.29 is 0 Å². The Hall–Kier alpha value is -0.0438. The van der Waals surface area contributed by atoms with Gasteiger partial charge < -0.3 is 11.8 Å². The molecule has 0 aliphatic carbocycles. The fourth-order valence-corrected chi connectivity index (χ4v) is 0.342. The average Bonchev–Trinajstić information content (AvgIpc) is 1.96. The molecule has 0 aromatic heterocycles. The van der Waals surface area contributed by atoms with Crippen molar-refractivity contribution in [1.82, 2.24) is 0 Å². The standard InChI is InChI=1S/C6H5.CN.BrH.Mg/c1-2-4-6-5-3-1;1-2;;/h1-5H;;1H;/q2*-1;;+2. The van der Waals surface area contributed by atoms with Crippen molar-refractivity contribution in [3.8, 4) is 0 Å². The monoisotopic (exact) mass is 207 g/mol. The molecule has 3 heteroatoms. The van der Waals surface area contributed by atoms with E-state index in [0.717, 1.165) is 0 Å². The van der Waals surface area contributed by atoms with E-state index in [4.69, 9.17) is 11.8 Å². The second-order valence-electron chi connectivity index (χ2n) is 1.08. The summed E-state index contributed by atoms with van der Waals surface area (Å²) in [4.78, 5) is 0. The number of rotatable bonds is 0. The van der Waals surface area contributed by atoms with E-state index in [9.17, 15) is 0 Å². The third-order valence-electron chi connectivity index (χ3n) is 0.607. The fourth-order valence-electron chi connectivity index (χ4n) is 0.342. The van der Waals surface area contributed by atoms with Crippen LogP contribution in [0.1, 0.15) is 0 Å². The first-order valence-corrected chi connectivity index (χ1v) is 2.13. The molecule has 0 aliphatic heterocycles. The molecule has 0 N–H and O–H groups in total. The van der Waals surface area contributed by atoms with Crippen molar-refractivity contribution in [2.24, 2.45) is 0 Å². The molecular formula is C7H6BrMgN. The van der Waals surface area contributed by atoms with E-state index < -0.39 is 0 Å². The summed E-state index contributed by atoms with van der Waals surface area (Å²) in [6.07, 6.45) is 0. The maximum absolute atomic E-state index is 6.25. The zero-order valence-corrected chi connectivity index (χ0v) is 8.58. The number of hydrogen-bond acceptors (Lipinski definition) is 1. The van der Waals surface area contributed by atoms with E-state index >= 15 is 0 Å². The number of hydrogen-bond donors (Lipinski definition) is 0. The van der Waals surface area contributed by atoms with Crippen molar-refractivity contribution in [2.45, 2.75) is 0 Å². The van der Waals surface area contributed by atoms with Crippen LogP contribution in [0.2, 0.25) is 0 Å². The quantitative estimate of drug-likeness (QED) is 0.471. The molecule has 1 aromatic rings. The van der Waals surface area contributed by atoms with Crippen LogP contribution in [0.25, 0.3) is 0 Å². The Bertz CT molecular complexity index is 114. The van der Waals surface area contributed by atoms with Crippen LogP contribution in [-0.4, -0.2) is 23.1 Å². The maximum atomic E-state index is 6.25. The smallest absolute Gasteiger partial charge is 0.512 e. The van der Waals surface area contributed by atoms with E-state index in [1.54, 1.807) is 0 Å². The third kappa shape index (κ3) is 10.9. The summed E-state index contributed by atoms with van der Waals surface area (Å²) in [5, 5.41) is 6.25. The molecule has 0 amide bonds. The van der Waals surface area contributed by atoms with E-state index in [1.807, 2.05) is 30.3 Å².